The summed E-state index contributed by atoms with van der Waals surface area (Å²) in [5, 5.41) is 3.35. The highest BCUT2D eigenvalue weighted by molar-refractivity contribution is 7.85. The molecule has 106 valence electrons. The SMILES string of the molecule is CCNC(C)C(C)S(=O)c1ccc2c(c1)OCCO2. The molecule has 1 aromatic carbocycles. The molecule has 0 bridgehead atoms. The third kappa shape index (κ3) is 3.28. The van der Waals surface area contributed by atoms with Crippen molar-refractivity contribution in [2.75, 3.05) is 19.8 Å². The van der Waals surface area contributed by atoms with Gasteiger partial charge in [-0.2, -0.15) is 0 Å². The van der Waals surface area contributed by atoms with E-state index in [4.69, 9.17) is 9.47 Å². The van der Waals surface area contributed by atoms with Crippen molar-refractivity contribution in [2.45, 2.75) is 37.0 Å². The molecule has 1 N–H and O–H groups in total. The molecule has 1 heterocycles. The molecule has 0 radical (unpaired) electrons. The Bertz CT molecular complexity index is 464. The van der Waals surface area contributed by atoms with Crippen molar-refractivity contribution in [3.05, 3.63) is 18.2 Å². The highest BCUT2D eigenvalue weighted by atomic mass is 32.2. The van der Waals surface area contributed by atoms with Gasteiger partial charge in [-0.25, -0.2) is 0 Å². The van der Waals surface area contributed by atoms with Crippen LogP contribution in [-0.4, -0.2) is 35.3 Å². The van der Waals surface area contributed by atoms with Crippen LogP contribution in [0.5, 0.6) is 11.5 Å². The predicted molar refractivity (Wildman–Crippen MR) is 76.4 cm³/mol. The lowest BCUT2D eigenvalue weighted by molar-refractivity contribution is 0.171. The second-order valence-electron chi connectivity index (χ2n) is 4.65. The van der Waals surface area contributed by atoms with Gasteiger partial charge < -0.3 is 14.8 Å². The quantitative estimate of drug-likeness (QED) is 0.897. The van der Waals surface area contributed by atoms with Gasteiger partial charge in [0, 0.05) is 17.0 Å². The summed E-state index contributed by atoms with van der Waals surface area (Å²) >= 11 is 0. The standard InChI is InChI=1S/C14H21NO3S/c1-4-15-10(2)11(3)19(16)12-5-6-13-14(9-12)18-8-7-17-13/h5-6,9-11,15H,4,7-8H2,1-3H3. The van der Waals surface area contributed by atoms with E-state index in [1.165, 1.54) is 0 Å². The molecule has 3 atom stereocenters. The maximum atomic E-state index is 12.5. The molecule has 1 aliphatic rings. The van der Waals surface area contributed by atoms with Crippen LogP contribution in [-0.2, 0) is 10.8 Å². The summed E-state index contributed by atoms with van der Waals surface area (Å²) in [7, 11) is -1.06. The summed E-state index contributed by atoms with van der Waals surface area (Å²) in [6.45, 7) is 8.11. The second kappa shape index (κ2) is 6.39. The lowest BCUT2D eigenvalue weighted by Gasteiger charge is -2.22. The number of hydrogen-bond acceptors (Lipinski definition) is 4. The van der Waals surface area contributed by atoms with Gasteiger partial charge in [0.05, 0.1) is 16.0 Å². The maximum Gasteiger partial charge on any atom is 0.162 e. The third-order valence-corrected chi connectivity index (χ3v) is 5.12. The fourth-order valence-corrected chi connectivity index (χ4v) is 3.36. The Balaban J connectivity index is 2.15. The van der Waals surface area contributed by atoms with Crippen molar-refractivity contribution in [1.29, 1.82) is 0 Å². The van der Waals surface area contributed by atoms with Crippen LogP contribution in [0, 0.1) is 0 Å². The Morgan fingerprint density at radius 2 is 1.95 bits per heavy atom. The van der Waals surface area contributed by atoms with Gasteiger partial charge in [-0.1, -0.05) is 6.92 Å². The Morgan fingerprint density at radius 3 is 2.63 bits per heavy atom. The summed E-state index contributed by atoms with van der Waals surface area (Å²) in [6, 6.07) is 5.74. The van der Waals surface area contributed by atoms with E-state index in [1.807, 2.05) is 25.1 Å². The third-order valence-electron chi connectivity index (χ3n) is 3.31. The highest BCUT2D eigenvalue weighted by Crippen LogP contribution is 2.32. The number of ether oxygens (including phenoxy) is 2. The molecule has 5 heteroatoms. The van der Waals surface area contributed by atoms with E-state index in [9.17, 15) is 4.21 Å². The van der Waals surface area contributed by atoms with Crippen molar-refractivity contribution in [3.63, 3.8) is 0 Å². The summed E-state index contributed by atoms with van der Waals surface area (Å²) < 4.78 is 23.5. The van der Waals surface area contributed by atoms with Crippen LogP contribution in [0.1, 0.15) is 20.8 Å². The summed E-state index contributed by atoms with van der Waals surface area (Å²) in [5.41, 5.74) is 0. The van der Waals surface area contributed by atoms with Gasteiger partial charge in [0.1, 0.15) is 13.2 Å². The fraction of sp³-hybridized carbons (Fsp3) is 0.571. The molecule has 19 heavy (non-hydrogen) atoms. The first kappa shape index (κ1) is 14.3. The Labute approximate surface area is 116 Å². The van der Waals surface area contributed by atoms with Crippen LogP contribution in [0.25, 0.3) is 0 Å². The van der Waals surface area contributed by atoms with E-state index in [0.29, 0.717) is 19.0 Å². The van der Waals surface area contributed by atoms with E-state index in [-0.39, 0.29) is 11.3 Å². The molecule has 0 amide bonds. The van der Waals surface area contributed by atoms with Crippen LogP contribution < -0.4 is 14.8 Å². The topological polar surface area (TPSA) is 47.6 Å². The Hall–Kier alpha value is -1.07. The molecular weight excluding hydrogens is 262 g/mol. The Kier molecular flexibility index (Phi) is 4.82. The number of fused-ring (bicyclic) bond motifs is 1. The molecule has 4 nitrogen and oxygen atoms in total. The average molecular weight is 283 g/mol. The van der Waals surface area contributed by atoms with Gasteiger partial charge in [0.25, 0.3) is 0 Å². The maximum absolute atomic E-state index is 12.5. The number of nitrogens with one attached hydrogen (secondary N) is 1. The van der Waals surface area contributed by atoms with Gasteiger partial charge in [-0.15, -0.1) is 0 Å². The zero-order valence-electron chi connectivity index (χ0n) is 11.6. The van der Waals surface area contributed by atoms with Gasteiger partial charge in [-0.05, 0) is 32.5 Å². The molecule has 0 saturated carbocycles. The zero-order valence-corrected chi connectivity index (χ0v) is 12.5. The lowest BCUT2D eigenvalue weighted by atomic mass is 10.2. The van der Waals surface area contributed by atoms with E-state index >= 15 is 0 Å². The molecular formula is C14H21NO3S. The zero-order chi connectivity index (χ0) is 13.8. The largest absolute Gasteiger partial charge is 0.486 e. The second-order valence-corrected chi connectivity index (χ2v) is 6.46. The van der Waals surface area contributed by atoms with Crippen molar-refractivity contribution in [2.24, 2.45) is 0 Å². The minimum Gasteiger partial charge on any atom is -0.486 e. The first-order valence-electron chi connectivity index (χ1n) is 6.67. The van der Waals surface area contributed by atoms with Gasteiger partial charge >= 0.3 is 0 Å². The van der Waals surface area contributed by atoms with E-state index < -0.39 is 10.8 Å². The first-order valence-corrected chi connectivity index (χ1v) is 7.88. The molecule has 3 unspecified atom stereocenters. The molecule has 0 aliphatic carbocycles. The molecule has 1 aliphatic heterocycles. The number of rotatable bonds is 5. The van der Waals surface area contributed by atoms with E-state index in [1.54, 1.807) is 0 Å². The average Bonchev–Trinajstić information content (AvgIpc) is 2.45. The van der Waals surface area contributed by atoms with Crippen molar-refractivity contribution in [3.8, 4) is 11.5 Å². The number of benzene rings is 1. The van der Waals surface area contributed by atoms with Crippen molar-refractivity contribution in [1.82, 2.24) is 5.32 Å². The molecule has 2 rings (SSSR count). The van der Waals surface area contributed by atoms with Gasteiger partial charge in [0.15, 0.2) is 11.5 Å². The highest BCUT2D eigenvalue weighted by Gasteiger charge is 2.21. The fourth-order valence-electron chi connectivity index (χ4n) is 2.04. The molecule has 1 aromatic rings. The van der Waals surface area contributed by atoms with Crippen molar-refractivity contribution < 1.29 is 13.7 Å². The smallest absolute Gasteiger partial charge is 0.162 e. The summed E-state index contributed by atoms with van der Waals surface area (Å²) in [6.07, 6.45) is 0. The first-order chi connectivity index (χ1) is 9.13. The molecule has 0 spiro atoms. The molecule has 0 saturated heterocycles. The monoisotopic (exact) mass is 283 g/mol. The minimum absolute atomic E-state index is 0.0440. The normalized spacial score (nSPS) is 18.7. The van der Waals surface area contributed by atoms with Gasteiger partial charge in [-0.3, -0.25) is 4.21 Å². The van der Waals surface area contributed by atoms with Crippen LogP contribution in [0.3, 0.4) is 0 Å². The van der Waals surface area contributed by atoms with Gasteiger partial charge in [0.2, 0.25) is 0 Å². The summed E-state index contributed by atoms with van der Waals surface area (Å²) in [4.78, 5) is 0.793. The lowest BCUT2D eigenvalue weighted by Crippen LogP contribution is -2.37. The Morgan fingerprint density at radius 1 is 1.26 bits per heavy atom. The number of hydrogen-bond donors (Lipinski definition) is 1. The van der Waals surface area contributed by atoms with Crippen molar-refractivity contribution >= 4 is 10.8 Å². The van der Waals surface area contributed by atoms with E-state index in [0.717, 1.165) is 17.2 Å². The molecule has 0 aromatic heterocycles. The minimum atomic E-state index is -1.06. The van der Waals surface area contributed by atoms with Crippen LogP contribution in [0.2, 0.25) is 0 Å². The predicted octanol–water partition coefficient (Wildman–Crippen LogP) is 1.95. The van der Waals surface area contributed by atoms with Crippen LogP contribution in [0.4, 0.5) is 0 Å². The summed E-state index contributed by atoms with van der Waals surface area (Å²) in [5.74, 6) is 1.43. The molecule has 0 fully saturated rings. The van der Waals surface area contributed by atoms with E-state index in [2.05, 4.69) is 19.2 Å². The van der Waals surface area contributed by atoms with Crippen LogP contribution in [0.15, 0.2) is 23.1 Å². The van der Waals surface area contributed by atoms with Crippen LogP contribution >= 0.6 is 0 Å².